The van der Waals surface area contributed by atoms with Gasteiger partial charge >= 0.3 is 58.4 Å². The number of nitrogens with two attached hydrogens (primary N) is 1. The van der Waals surface area contributed by atoms with Crippen molar-refractivity contribution in [2.45, 2.75) is 13.5 Å². The van der Waals surface area contributed by atoms with E-state index in [1.54, 1.807) is 0 Å². The normalized spacial score (nSPS) is 10.4. The SMILES string of the molecule is Cc1c(N)cc(CN=[N+]=[N-])cc1[B-](F)(F)F.[K+]. The Balaban J connectivity index is 0.00000256. The Morgan fingerprint density at radius 1 is 1.41 bits per heavy atom. The van der Waals surface area contributed by atoms with Gasteiger partial charge in [0.25, 0.3) is 0 Å². The van der Waals surface area contributed by atoms with Crippen molar-refractivity contribution >= 4 is 18.1 Å². The number of anilines is 1. The van der Waals surface area contributed by atoms with Crippen LogP contribution in [0.1, 0.15) is 11.1 Å². The molecule has 4 nitrogen and oxygen atoms in total. The fourth-order valence-corrected chi connectivity index (χ4v) is 1.37. The van der Waals surface area contributed by atoms with E-state index in [9.17, 15) is 12.9 Å². The van der Waals surface area contributed by atoms with Crippen LogP contribution in [0.5, 0.6) is 0 Å². The first-order valence-electron chi connectivity index (χ1n) is 4.46. The zero-order valence-electron chi connectivity index (χ0n) is 9.49. The molecule has 0 amide bonds. The van der Waals surface area contributed by atoms with Crippen molar-refractivity contribution in [3.05, 3.63) is 33.7 Å². The first-order valence-corrected chi connectivity index (χ1v) is 4.46. The molecule has 1 aromatic rings. The number of hydrogen-bond donors (Lipinski definition) is 1. The van der Waals surface area contributed by atoms with E-state index in [0.717, 1.165) is 6.07 Å². The van der Waals surface area contributed by atoms with Crippen molar-refractivity contribution < 1.29 is 64.3 Å². The third-order valence-corrected chi connectivity index (χ3v) is 2.22. The van der Waals surface area contributed by atoms with Gasteiger partial charge in [-0.2, -0.15) is 0 Å². The Morgan fingerprint density at radius 3 is 2.47 bits per heavy atom. The van der Waals surface area contributed by atoms with Crippen LogP contribution in [0, 0.1) is 6.92 Å². The zero-order chi connectivity index (χ0) is 12.3. The Bertz CT molecular complexity index is 457. The molecule has 0 radical (unpaired) electrons. The number of azide groups is 1. The van der Waals surface area contributed by atoms with Gasteiger partial charge < -0.3 is 18.7 Å². The second-order valence-electron chi connectivity index (χ2n) is 3.36. The predicted molar refractivity (Wildman–Crippen MR) is 57.2 cm³/mol. The molecule has 0 aliphatic heterocycles. The van der Waals surface area contributed by atoms with Crippen LogP contribution in [-0.4, -0.2) is 6.98 Å². The van der Waals surface area contributed by atoms with Crippen LogP contribution in [0.2, 0.25) is 0 Å². The van der Waals surface area contributed by atoms with Crippen molar-refractivity contribution in [3.63, 3.8) is 0 Å². The molecule has 1 rings (SSSR count). The van der Waals surface area contributed by atoms with Gasteiger partial charge in [0.15, 0.2) is 0 Å². The third-order valence-electron chi connectivity index (χ3n) is 2.22. The van der Waals surface area contributed by atoms with Crippen molar-refractivity contribution in [3.8, 4) is 0 Å². The van der Waals surface area contributed by atoms with Crippen LogP contribution in [0.25, 0.3) is 10.4 Å². The summed E-state index contributed by atoms with van der Waals surface area (Å²) in [6.45, 7) is -3.92. The quantitative estimate of drug-likeness (QED) is 0.258. The summed E-state index contributed by atoms with van der Waals surface area (Å²) < 4.78 is 37.9. The summed E-state index contributed by atoms with van der Waals surface area (Å²) in [5.41, 5.74) is 13.1. The summed E-state index contributed by atoms with van der Waals surface area (Å²) in [5.74, 6) is 0. The van der Waals surface area contributed by atoms with Gasteiger partial charge in [-0.1, -0.05) is 16.7 Å². The Hall–Kier alpha value is -0.179. The standard InChI is InChI=1S/C8H9BF3N4.K/c1-5-7(9(10,11)12)2-6(3-8(5)13)4-15-16-14;/h2-3H,4,13H2,1H3;/q-1;+1. The van der Waals surface area contributed by atoms with Gasteiger partial charge in [0, 0.05) is 10.6 Å². The molecule has 0 spiro atoms. The van der Waals surface area contributed by atoms with E-state index in [4.69, 9.17) is 11.3 Å². The summed E-state index contributed by atoms with van der Waals surface area (Å²) in [6.07, 6.45) is 0. The maximum atomic E-state index is 12.6. The number of nitrogens with zero attached hydrogens (tertiary/aromatic N) is 3. The minimum absolute atomic E-state index is 0. The maximum absolute atomic E-state index is 12.6. The van der Waals surface area contributed by atoms with Gasteiger partial charge in [-0.3, -0.25) is 0 Å². The number of hydrogen-bond acceptors (Lipinski definition) is 2. The van der Waals surface area contributed by atoms with E-state index >= 15 is 0 Å². The van der Waals surface area contributed by atoms with Gasteiger partial charge in [0.1, 0.15) is 0 Å². The van der Waals surface area contributed by atoms with Crippen molar-refractivity contribution in [1.29, 1.82) is 0 Å². The fraction of sp³-hybridized carbons (Fsp3) is 0.250. The molecule has 0 aromatic heterocycles. The molecule has 0 unspecified atom stereocenters. The first-order chi connectivity index (χ1) is 7.36. The van der Waals surface area contributed by atoms with Crippen LogP contribution in [-0.2, 0) is 6.54 Å². The molecule has 0 heterocycles. The van der Waals surface area contributed by atoms with Gasteiger partial charge in [-0.25, -0.2) is 0 Å². The molecule has 0 bridgehead atoms. The van der Waals surface area contributed by atoms with Gasteiger partial charge in [-0.05, 0) is 24.1 Å². The molecule has 86 valence electrons. The monoisotopic (exact) mass is 268 g/mol. The Kier molecular flexibility index (Phi) is 6.60. The summed E-state index contributed by atoms with van der Waals surface area (Å²) in [4.78, 5) is 2.48. The largest absolute Gasteiger partial charge is 1.00 e. The minimum Gasteiger partial charge on any atom is -0.445 e. The van der Waals surface area contributed by atoms with Crippen LogP contribution in [0.3, 0.4) is 0 Å². The molecular weight excluding hydrogens is 259 g/mol. The predicted octanol–water partition coefficient (Wildman–Crippen LogP) is -0.554. The van der Waals surface area contributed by atoms with Crippen molar-refractivity contribution in [2.24, 2.45) is 5.11 Å². The molecule has 0 saturated carbocycles. The van der Waals surface area contributed by atoms with Crippen LogP contribution in [0.4, 0.5) is 18.6 Å². The van der Waals surface area contributed by atoms with Gasteiger partial charge in [0.05, 0.1) is 6.54 Å². The molecule has 0 aliphatic rings. The van der Waals surface area contributed by atoms with E-state index < -0.39 is 12.4 Å². The summed E-state index contributed by atoms with van der Waals surface area (Å²) in [5, 5.41) is 3.20. The summed E-state index contributed by atoms with van der Waals surface area (Å²) >= 11 is 0. The number of halogens is 3. The average Bonchev–Trinajstić information content (AvgIpc) is 2.17. The molecular formula is C8H9BF3KN4. The van der Waals surface area contributed by atoms with E-state index in [1.807, 2.05) is 0 Å². The van der Waals surface area contributed by atoms with Crippen LogP contribution < -0.4 is 62.6 Å². The molecule has 0 aliphatic carbocycles. The maximum Gasteiger partial charge on any atom is 1.00 e. The summed E-state index contributed by atoms with van der Waals surface area (Å²) in [6, 6.07) is 2.36. The topological polar surface area (TPSA) is 74.8 Å². The second-order valence-corrected chi connectivity index (χ2v) is 3.36. The molecule has 2 N–H and O–H groups in total. The van der Waals surface area contributed by atoms with E-state index in [0.29, 0.717) is 0 Å². The smallest absolute Gasteiger partial charge is 0.445 e. The summed E-state index contributed by atoms with van der Waals surface area (Å²) in [7, 11) is 0. The fourth-order valence-electron chi connectivity index (χ4n) is 1.37. The van der Waals surface area contributed by atoms with Gasteiger partial charge in [0.2, 0.25) is 0 Å². The van der Waals surface area contributed by atoms with Crippen LogP contribution >= 0.6 is 0 Å². The number of nitrogen functional groups attached to an aromatic ring is 1. The minimum atomic E-state index is -5.10. The molecule has 1 aromatic carbocycles. The van der Waals surface area contributed by atoms with E-state index in [-0.39, 0.29) is 74.7 Å². The Morgan fingerprint density at radius 2 is 2.00 bits per heavy atom. The Labute approximate surface area is 139 Å². The molecule has 0 fully saturated rings. The third kappa shape index (κ3) is 4.53. The van der Waals surface area contributed by atoms with E-state index in [1.165, 1.54) is 13.0 Å². The number of benzene rings is 1. The molecule has 0 atom stereocenters. The van der Waals surface area contributed by atoms with Crippen molar-refractivity contribution in [1.82, 2.24) is 0 Å². The zero-order valence-corrected chi connectivity index (χ0v) is 12.6. The molecule has 9 heteroatoms. The first kappa shape index (κ1) is 16.8. The molecule has 17 heavy (non-hydrogen) atoms. The number of rotatable bonds is 3. The van der Waals surface area contributed by atoms with Gasteiger partial charge in [-0.15, -0.1) is 5.46 Å². The van der Waals surface area contributed by atoms with Crippen molar-refractivity contribution in [2.75, 3.05) is 5.73 Å². The van der Waals surface area contributed by atoms with E-state index in [2.05, 4.69) is 10.0 Å². The van der Waals surface area contributed by atoms with Crippen LogP contribution in [0.15, 0.2) is 17.2 Å². The second kappa shape index (κ2) is 6.67. The average molecular weight is 268 g/mol. The molecule has 0 saturated heterocycles.